The van der Waals surface area contributed by atoms with Gasteiger partial charge in [-0.15, -0.1) is 11.3 Å². The standard InChI is InChI=1S/C22H28N6O5S2/c1-22(5-6-22)24-35(32,33)18-9-16-19(30)27(13-15-10-23-26(3)11-15)21(31)28(20(16)34-18)12-14-4-7-25(2)17(29)8-14/h9-11,14,24H,4-8,12-13H2,1-3H3. The van der Waals surface area contributed by atoms with Crippen LogP contribution in [-0.4, -0.2) is 57.3 Å². The van der Waals surface area contributed by atoms with Gasteiger partial charge in [0.15, 0.2) is 0 Å². The van der Waals surface area contributed by atoms with Crippen LogP contribution < -0.4 is 16.0 Å². The number of piperidine rings is 1. The summed E-state index contributed by atoms with van der Waals surface area (Å²) in [5.74, 6) is -0.0832. The summed E-state index contributed by atoms with van der Waals surface area (Å²) in [6.45, 7) is 2.67. The number of fused-ring (bicyclic) bond motifs is 1. The van der Waals surface area contributed by atoms with E-state index in [1.165, 1.54) is 10.6 Å². The molecule has 2 aliphatic rings. The monoisotopic (exact) mass is 520 g/mol. The first-order valence-corrected chi connectivity index (χ1v) is 13.8. The molecule has 0 aromatic carbocycles. The molecule has 5 rings (SSSR count). The zero-order valence-electron chi connectivity index (χ0n) is 19.9. The Morgan fingerprint density at radius 3 is 2.57 bits per heavy atom. The fourth-order valence-corrected chi connectivity index (χ4v) is 7.34. The van der Waals surface area contributed by atoms with Crippen LogP contribution in [-0.2, 0) is 35.0 Å². The number of carbonyl (C=O) groups is 1. The summed E-state index contributed by atoms with van der Waals surface area (Å²) in [4.78, 5) is 41.2. The Hall–Kier alpha value is -2.77. The van der Waals surface area contributed by atoms with E-state index < -0.39 is 26.8 Å². The molecule has 11 nitrogen and oxygen atoms in total. The molecule has 1 amide bonds. The molecule has 0 bridgehead atoms. The summed E-state index contributed by atoms with van der Waals surface area (Å²) in [7, 11) is -0.355. The molecule has 188 valence electrons. The van der Waals surface area contributed by atoms with Crippen molar-refractivity contribution >= 4 is 37.5 Å². The van der Waals surface area contributed by atoms with Crippen LogP contribution in [0.5, 0.6) is 0 Å². The first kappa shape index (κ1) is 23.9. The minimum absolute atomic E-state index is 0.00413. The number of nitrogens with zero attached hydrogens (tertiary/aromatic N) is 5. The average molecular weight is 521 g/mol. The molecular weight excluding hydrogens is 492 g/mol. The van der Waals surface area contributed by atoms with E-state index in [0.29, 0.717) is 29.8 Å². The summed E-state index contributed by atoms with van der Waals surface area (Å²) in [5, 5.41) is 4.29. The lowest BCUT2D eigenvalue weighted by Gasteiger charge is -2.29. The number of carbonyl (C=O) groups excluding carboxylic acids is 1. The third-order valence-electron chi connectivity index (χ3n) is 6.82. The third kappa shape index (κ3) is 4.59. The summed E-state index contributed by atoms with van der Waals surface area (Å²) in [6, 6.07) is 1.37. The number of thiophene rings is 1. The van der Waals surface area contributed by atoms with Gasteiger partial charge in [-0.05, 0) is 38.2 Å². The van der Waals surface area contributed by atoms with Gasteiger partial charge in [-0.1, -0.05) is 0 Å². The van der Waals surface area contributed by atoms with Crippen LogP contribution in [0.2, 0.25) is 0 Å². The Labute approximate surface area is 206 Å². The van der Waals surface area contributed by atoms with Crippen molar-refractivity contribution in [1.82, 2.24) is 28.5 Å². The van der Waals surface area contributed by atoms with E-state index in [-0.39, 0.29) is 34.5 Å². The van der Waals surface area contributed by atoms with Gasteiger partial charge < -0.3 is 4.90 Å². The van der Waals surface area contributed by atoms with E-state index in [1.807, 2.05) is 6.92 Å². The lowest BCUT2D eigenvalue weighted by Crippen LogP contribution is -2.42. The molecule has 1 atom stereocenters. The van der Waals surface area contributed by atoms with E-state index in [4.69, 9.17) is 0 Å². The SMILES string of the molecule is CN1CCC(Cn2c(=O)n(Cc3cnn(C)c3)c(=O)c3cc(S(=O)(=O)NC4(C)CC4)sc32)CC1=O. The maximum Gasteiger partial charge on any atom is 0.332 e. The Morgan fingerprint density at radius 2 is 1.94 bits per heavy atom. The molecule has 1 aliphatic heterocycles. The molecule has 1 N–H and O–H groups in total. The summed E-state index contributed by atoms with van der Waals surface area (Å²) >= 11 is 0.924. The highest BCUT2D eigenvalue weighted by atomic mass is 32.2. The van der Waals surface area contributed by atoms with E-state index in [1.54, 1.807) is 36.1 Å². The van der Waals surface area contributed by atoms with Crippen molar-refractivity contribution < 1.29 is 13.2 Å². The predicted octanol–water partition coefficient (Wildman–Crippen LogP) is 0.706. The van der Waals surface area contributed by atoms with E-state index in [0.717, 1.165) is 28.7 Å². The second-order valence-electron chi connectivity index (χ2n) is 9.93. The normalized spacial score (nSPS) is 20.0. The minimum Gasteiger partial charge on any atom is -0.346 e. The van der Waals surface area contributed by atoms with E-state index in [2.05, 4.69) is 9.82 Å². The molecule has 13 heteroatoms. The highest BCUT2D eigenvalue weighted by molar-refractivity contribution is 7.91. The van der Waals surface area contributed by atoms with Crippen molar-refractivity contribution in [3.05, 3.63) is 44.9 Å². The molecule has 2 fully saturated rings. The highest BCUT2D eigenvalue weighted by Gasteiger charge is 2.42. The van der Waals surface area contributed by atoms with E-state index in [9.17, 15) is 22.8 Å². The Bertz CT molecular complexity index is 1540. The summed E-state index contributed by atoms with van der Waals surface area (Å²) < 4.78 is 33.0. The number of hydrogen-bond donors (Lipinski definition) is 1. The van der Waals surface area contributed by atoms with Gasteiger partial charge in [0.2, 0.25) is 5.91 Å². The molecule has 0 radical (unpaired) electrons. The Morgan fingerprint density at radius 1 is 1.20 bits per heavy atom. The first-order chi connectivity index (χ1) is 16.5. The number of nitrogens with one attached hydrogen (secondary N) is 1. The predicted molar refractivity (Wildman–Crippen MR) is 131 cm³/mol. The number of aryl methyl sites for hydroxylation is 1. The second-order valence-corrected chi connectivity index (χ2v) is 12.9. The number of hydrogen-bond acceptors (Lipinski definition) is 7. The van der Waals surface area contributed by atoms with Crippen molar-refractivity contribution in [3.63, 3.8) is 0 Å². The molecule has 1 saturated heterocycles. The fraction of sp³-hybridized carbons (Fsp3) is 0.545. The average Bonchev–Trinajstić information content (AvgIpc) is 3.16. The largest absolute Gasteiger partial charge is 0.346 e. The molecular formula is C22H28N6O5S2. The van der Waals surface area contributed by atoms with Gasteiger partial charge in [0, 0.05) is 50.9 Å². The molecule has 1 unspecified atom stereocenters. The molecule has 0 spiro atoms. The molecule has 4 heterocycles. The van der Waals surface area contributed by atoms with Gasteiger partial charge in [0.1, 0.15) is 9.04 Å². The van der Waals surface area contributed by atoms with Gasteiger partial charge >= 0.3 is 5.69 Å². The molecule has 35 heavy (non-hydrogen) atoms. The van der Waals surface area contributed by atoms with Crippen LogP contribution >= 0.6 is 11.3 Å². The topological polar surface area (TPSA) is 128 Å². The number of aromatic nitrogens is 4. The van der Waals surface area contributed by atoms with Crippen LogP contribution in [0, 0.1) is 5.92 Å². The zero-order chi connectivity index (χ0) is 25.1. The van der Waals surface area contributed by atoms with Gasteiger partial charge in [0.25, 0.3) is 15.6 Å². The Balaban J connectivity index is 1.62. The Kier molecular flexibility index (Phi) is 5.76. The molecule has 1 aliphatic carbocycles. The third-order valence-corrected chi connectivity index (χ3v) is 10.1. The van der Waals surface area contributed by atoms with Gasteiger partial charge in [-0.3, -0.25) is 23.4 Å². The smallest absolute Gasteiger partial charge is 0.332 e. The van der Waals surface area contributed by atoms with Crippen molar-refractivity contribution in [2.45, 2.75) is 55.4 Å². The maximum absolute atomic E-state index is 13.6. The van der Waals surface area contributed by atoms with Gasteiger partial charge in [-0.25, -0.2) is 17.9 Å². The van der Waals surface area contributed by atoms with Crippen LogP contribution in [0.1, 0.15) is 38.2 Å². The van der Waals surface area contributed by atoms with Crippen molar-refractivity contribution in [2.75, 3.05) is 13.6 Å². The van der Waals surface area contributed by atoms with Gasteiger partial charge in [-0.2, -0.15) is 5.10 Å². The van der Waals surface area contributed by atoms with Gasteiger partial charge in [0.05, 0.1) is 18.1 Å². The second kappa shape index (κ2) is 8.42. The molecule has 3 aromatic heterocycles. The van der Waals surface area contributed by atoms with Crippen LogP contribution in [0.25, 0.3) is 10.2 Å². The molecule has 1 saturated carbocycles. The summed E-state index contributed by atoms with van der Waals surface area (Å²) in [5.41, 5.74) is -0.854. The van der Waals surface area contributed by atoms with Crippen LogP contribution in [0.3, 0.4) is 0 Å². The molecule has 3 aromatic rings. The zero-order valence-corrected chi connectivity index (χ0v) is 21.5. The number of amides is 1. The quantitative estimate of drug-likeness (QED) is 0.489. The number of likely N-dealkylation sites (tertiary alicyclic amines) is 1. The lowest BCUT2D eigenvalue weighted by molar-refractivity contribution is -0.133. The lowest BCUT2D eigenvalue weighted by atomic mass is 9.96. The number of rotatable bonds is 7. The first-order valence-electron chi connectivity index (χ1n) is 11.5. The highest BCUT2D eigenvalue weighted by Crippen LogP contribution is 2.37. The van der Waals surface area contributed by atoms with Crippen molar-refractivity contribution in [3.8, 4) is 0 Å². The van der Waals surface area contributed by atoms with Crippen LogP contribution in [0.4, 0.5) is 0 Å². The summed E-state index contributed by atoms with van der Waals surface area (Å²) in [6.07, 6.45) is 5.82. The van der Waals surface area contributed by atoms with Crippen molar-refractivity contribution in [2.24, 2.45) is 13.0 Å². The minimum atomic E-state index is -3.85. The number of sulfonamides is 1. The van der Waals surface area contributed by atoms with Crippen LogP contribution in [0.15, 0.2) is 32.3 Å². The maximum atomic E-state index is 13.6. The fourth-order valence-electron chi connectivity index (χ4n) is 4.43. The van der Waals surface area contributed by atoms with Crippen molar-refractivity contribution in [1.29, 1.82) is 0 Å². The van der Waals surface area contributed by atoms with E-state index >= 15 is 0 Å².